The van der Waals surface area contributed by atoms with E-state index in [1.165, 1.54) is 21.2 Å². The van der Waals surface area contributed by atoms with Crippen molar-refractivity contribution in [3.8, 4) is 0 Å². The van der Waals surface area contributed by atoms with Crippen LogP contribution in [0, 0.1) is 0 Å². The average Bonchev–Trinajstić information content (AvgIpc) is 3.18. The molecule has 0 spiro atoms. The lowest BCUT2D eigenvalue weighted by Crippen LogP contribution is -2.28. The molecule has 1 aliphatic heterocycles. The standard InChI is InChI=1S/C24H23BrN2S2/c25-21-11-13-22(14-12-21)28-16-15-27-17-23(20-9-5-2-6-10-20)26-24(27)29-18-19-7-3-1-4-8-19/h1-14,23H,15-18H2. The molecule has 3 aromatic carbocycles. The number of aliphatic imine (C=N–C) groups is 1. The number of halogens is 1. The summed E-state index contributed by atoms with van der Waals surface area (Å²) < 4.78 is 1.12. The molecule has 0 aromatic heterocycles. The van der Waals surface area contributed by atoms with Gasteiger partial charge in [0.2, 0.25) is 0 Å². The number of hydrogen-bond donors (Lipinski definition) is 0. The second kappa shape index (κ2) is 10.4. The second-order valence-electron chi connectivity index (χ2n) is 6.86. The third-order valence-corrected chi connectivity index (χ3v) is 7.39. The van der Waals surface area contributed by atoms with E-state index in [4.69, 9.17) is 4.99 Å². The van der Waals surface area contributed by atoms with Gasteiger partial charge in [0.05, 0.1) is 6.04 Å². The molecule has 0 radical (unpaired) electrons. The van der Waals surface area contributed by atoms with Crippen molar-refractivity contribution in [2.24, 2.45) is 4.99 Å². The molecule has 0 fully saturated rings. The molecular formula is C24H23BrN2S2. The number of amidine groups is 1. The van der Waals surface area contributed by atoms with E-state index < -0.39 is 0 Å². The first-order valence-electron chi connectivity index (χ1n) is 9.71. The molecule has 5 heteroatoms. The van der Waals surface area contributed by atoms with Gasteiger partial charge in [-0.2, -0.15) is 0 Å². The van der Waals surface area contributed by atoms with Crippen molar-refractivity contribution in [2.45, 2.75) is 16.7 Å². The van der Waals surface area contributed by atoms with Gasteiger partial charge < -0.3 is 4.90 Å². The highest BCUT2D eigenvalue weighted by atomic mass is 79.9. The molecular weight excluding hydrogens is 460 g/mol. The Labute approximate surface area is 189 Å². The van der Waals surface area contributed by atoms with Crippen molar-refractivity contribution in [3.63, 3.8) is 0 Å². The molecule has 1 atom stereocenters. The van der Waals surface area contributed by atoms with Gasteiger partial charge in [-0.1, -0.05) is 88.4 Å². The van der Waals surface area contributed by atoms with Gasteiger partial charge >= 0.3 is 0 Å². The molecule has 148 valence electrons. The maximum absolute atomic E-state index is 5.08. The Bertz CT molecular complexity index is 930. The van der Waals surface area contributed by atoms with Crippen molar-refractivity contribution in [1.29, 1.82) is 0 Å². The average molecular weight is 484 g/mol. The normalized spacial score (nSPS) is 16.1. The highest BCUT2D eigenvalue weighted by molar-refractivity contribution is 9.10. The van der Waals surface area contributed by atoms with E-state index in [2.05, 4.69) is 106 Å². The Balaban J connectivity index is 1.40. The van der Waals surface area contributed by atoms with Crippen LogP contribution in [-0.2, 0) is 5.75 Å². The molecule has 1 heterocycles. The zero-order chi connectivity index (χ0) is 19.9. The van der Waals surface area contributed by atoms with E-state index in [-0.39, 0.29) is 6.04 Å². The maximum atomic E-state index is 5.08. The van der Waals surface area contributed by atoms with Crippen molar-refractivity contribution >= 4 is 44.6 Å². The van der Waals surface area contributed by atoms with Gasteiger partial charge in [0.25, 0.3) is 0 Å². The molecule has 1 aliphatic rings. The summed E-state index contributed by atoms with van der Waals surface area (Å²) in [6, 6.07) is 30.1. The first-order valence-corrected chi connectivity index (χ1v) is 12.5. The molecule has 0 saturated carbocycles. The minimum absolute atomic E-state index is 0.229. The molecule has 0 saturated heterocycles. The SMILES string of the molecule is Brc1ccc(SCCN2CC(c3ccccc3)N=C2SCc2ccccc2)cc1. The maximum Gasteiger partial charge on any atom is 0.160 e. The summed E-state index contributed by atoms with van der Waals surface area (Å²) in [5.74, 6) is 2.01. The van der Waals surface area contributed by atoms with Crippen LogP contribution in [0.1, 0.15) is 17.2 Å². The van der Waals surface area contributed by atoms with Crippen LogP contribution in [0.3, 0.4) is 0 Å². The van der Waals surface area contributed by atoms with Gasteiger partial charge in [-0.3, -0.25) is 4.99 Å². The van der Waals surface area contributed by atoms with E-state index in [1.807, 2.05) is 23.5 Å². The molecule has 0 amide bonds. The van der Waals surface area contributed by atoms with Crippen molar-refractivity contribution in [1.82, 2.24) is 4.90 Å². The fraction of sp³-hybridized carbons (Fsp3) is 0.208. The van der Waals surface area contributed by atoms with Crippen molar-refractivity contribution in [2.75, 3.05) is 18.8 Å². The third-order valence-electron chi connectivity index (χ3n) is 4.77. The van der Waals surface area contributed by atoms with Crippen LogP contribution in [0.15, 0.2) is 99.3 Å². The van der Waals surface area contributed by atoms with Crippen molar-refractivity contribution in [3.05, 3.63) is 101 Å². The molecule has 0 bridgehead atoms. The smallest absolute Gasteiger partial charge is 0.160 e. The quantitative estimate of drug-likeness (QED) is 0.341. The molecule has 1 unspecified atom stereocenters. The van der Waals surface area contributed by atoms with E-state index in [9.17, 15) is 0 Å². The summed E-state index contributed by atoms with van der Waals surface area (Å²) >= 11 is 7.26. The number of benzene rings is 3. The van der Waals surface area contributed by atoms with Gasteiger partial charge in [-0.15, -0.1) is 11.8 Å². The fourth-order valence-corrected chi connectivity index (χ4v) is 5.42. The first kappa shape index (κ1) is 20.6. The minimum atomic E-state index is 0.229. The van der Waals surface area contributed by atoms with Crippen LogP contribution >= 0.6 is 39.5 Å². The summed E-state index contributed by atoms with van der Waals surface area (Å²) in [6.07, 6.45) is 0. The van der Waals surface area contributed by atoms with Gasteiger partial charge in [0.15, 0.2) is 5.17 Å². The van der Waals surface area contributed by atoms with Gasteiger partial charge in [0, 0.05) is 34.0 Å². The highest BCUT2D eigenvalue weighted by Crippen LogP contribution is 2.31. The molecule has 29 heavy (non-hydrogen) atoms. The first-order chi connectivity index (χ1) is 14.3. The van der Waals surface area contributed by atoms with E-state index in [1.54, 1.807) is 0 Å². The highest BCUT2D eigenvalue weighted by Gasteiger charge is 2.26. The van der Waals surface area contributed by atoms with E-state index >= 15 is 0 Å². The largest absolute Gasteiger partial charge is 0.348 e. The summed E-state index contributed by atoms with van der Waals surface area (Å²) in [7, 11) is 0. The van der Waals surface area contributed by atoms with E-state index in [0.717, 1.165) is 29.1 Å². The Morgan fingerprint density at radius 1 is 0.862 bits per heavy atom. The predicted molar refractivity (Wildman–Crippen MR) is 131 cm³/mol. The number of hydrogen-bond acceptors (Lipinski definition) is 4. The Morgan fingerprint density at radius 3 is 2.28 bits per heavy atom. The Morgan fingerprint density at radius 2 is 1.55 bits per heavy atom. The number of thioether (sulfide) groups is 2. The Kier molecular flexibility index (Phi) is 7.36. The fourth-order valence-electron chi connectivity index (χ4n) is 3.24. The van der Waals surface area contributed by atoms with Crippen LogP contribution in [0.4, 0.5) is 0 Å². The number of nitrogens with zero attached hydrogens (tertiary/aromatic N) is 2. The van der Waals surface area contributed by atoms with Crippen LogP contribution in [0.5, 0.6) is 0 Å². The zero-order valence-corrected chi connectivity index (χ0v) is 19.3. The summed E-state index contributed by atoms with van der Waals surface area (Å²) in [5, 5.41) is 1.17. The second-order valence-corrected chi connectivity index (χ2v) is 9.89. The molecule has 0 N–H and O–H groups in total. The number of rotatable bonds is 7. The van der Waals surface area contributed by atoms with Crippen LogP contribution in [-0.4, -0.2) is 28.9 Å². The lowest BCUT2D eigenvalue weighted by molar-refractivity contribution is 0.457. The molecule has 0 aliphatic carbocycles. The summed E-state index contributed by atoms with van der Waals surface area (Å²) in [6.45, 7) is 1.97. The monoisotopic (exact) mass is 482 g/mol. The summed E-state index contributed by atoms with van der Waals surface area (Å²) in [5.41, 5.74) is 2.64. The van der Waals surface area contributed by atoms with Crippen LogP contribution < -0.4 is 0 Å². The van der Waals surface area contributed by atoms with Gasteiger partial charge in [-0.25, -0.2) is 0 Å². The van der Waals surface area contributed by atoms with Gasteiger partial charge in [0.1, 0.15) is 0 Å². The summed E-state index contributed by atoms with van der Waals surface area (Å²) in [4.78, 5) is 8.85. The predicted octanol–water partition coefficient (Wildman–Crippen LogP) is 6.89. The molecule has 3 aromatic rings. The van der Waals surface area contributed by atoms with Crippen LogP contribution in [0.2, 0.25) is 0 Å². The lowest BCUT2D eigenvalue weighted by Gasteiger charge is -2.20. The third kappa shape index (κ3) is 5.91. The Hall–Kier alpha value is -1.69. The topological polar surface area (TPSA) is 15.6 Å². The van der Waals surface area contributed by atoms with Gasteiger partial charge in [-0.05, 0) is 35.4 Å². The zero-order valence-electron chi connectivity index (χ0n) is 16.1. The van der Waals surface area contributed by atoms with E-state index in [0.29, 0.717) is 0 Å². The van der Waals surface area contributed by atoms with Crippen LogP contribution in [0.25, 0.3) is 0 Å². The minimum Gasteiger partial charge on any atom is -0.348 e. The van der Waals surface area contributed by atoms with Crippen molar-refractivity contribution < 1.29 is 0 Å². The lowest BCUT2D eigenvalue weighted by atomic mass is 10.1. The molecule has 2 nitrogen and oxygen atoms in total. The molecule has 4 rings (SSSR count).